The van der Waals surface area contributed by atoms with Crippen molar-refractivity contribution in [1.29, 1.82) is 0 Å². The van der Waals surface area contributed by atoms with Crippen LogP contribution in [0, 0.1) is 17.8 Å². The van der Waals surface area contributed by atoms with E-state index in [1.165, 1.54) is 19.3 Å². The van der Waals surface area contributed by atoms with Crippen molar-refractivity contribution in [2.75, 3.05) is 0 Å². The first-order chi connectivity index (χ1) is 4.88. The summed E-state index contributed by atoms with van der Waals surface area (Å²) in [6.45, 7) is 2.45. The highest BCUT2D eigenvalue weighted by Gasteiger charge is 2.34. The third-order valence-electron chi connectivity index (χ3n) is 3.69. The Balaban J connectivity index is 0.000000605. The molecule has 66 valence electrons. The van der Waals surface area contributed by atoms with E-state index in [2.05, 4.69) is 6.92 Å². The molecule has 0 nitrogen and oxygen atoms in total. The van der Waals surface area contributed by atoms with Crippen LogP contribution in [0.5, 0.6) is 0 Å². The normalized spacial score (nSPS) is 42.8. The molecule has 0 bridgehead atoms. The fourth-order valence-corrected chi connectivity index (χ4v) is 3.03. The van der Waals surface area contributed by atoms with Crippen LogP contribution in [-0.2, 0) is 0 Å². The lowest BCUT2D eigenvalue weighted by molar-refractivity contribution is 0.238. The fourth-order valence-electron chi connectivity index (χ4n) is 3.03. The minimum atomic E-state index is 0. The van der Waals surface area contributed by atoms with E-state index < -0.39 is 0 Å². The summed E-state index contributed by atoms with van der Waals surface area (Å²) >= 11 is 0. The van der Waals surface area contributed by atoms with E-state index in [1.54, 1.807) is 19.3 Å². The van der Waals surface area contributed by atoms with Crippen molar-refractivity contribution in [3.05, 3.63) is 0 Å². The highest BCUT2D eigenvalue weighted by Crippen LogP contribution is 2.45. The van der Waals surface area contributed by atoms with E-state index >= 15 is 0 Å². The lowest BCUT2D eigenvalue weighted by Crippen LogP contribution is -2.17. The van der Waals surface area contributed by atoms with Crippen molar-refractivity contribution in [2.24, 2.45) is 17.8 Å². The maximum absolute atomic E-state index is 2.45. The zero-order valence-corrected chi connectivity index (χ0v) is 6.97. The van der Waals surface area contributed by atoms with Crippen LogP contribution in [0.25, 0.3) is 0 Å². The topological polar surface area (TPSA) is 0 Å². The second-order valence-electron chi connectivity index (χ2n) is 4.26. The highest BCUT2D eigenvalue weighted by atomic mass is 14.4. The van der Waals surface area contributed by atoms with Gasteiger partial charge in [0.25, 0.3) is 0 Å². The molecule has 2 fully saturated rings. The van der Waals surface area contributed by atoms with E-state index in [0.717, 1.165) is 17.8 Å². The predicted octanol–water partition coefficient (Wildman–Crippen LogP) is 3.86. The fraction of sp³-hybridized carbons (Fsp3) is 1.00. The molecule has 0 aromatic rings. The van der Waals surface area contributed by atoms with E-state index in [4.69, 9.17) is 0 Å². The third kappa shape index (κ3) is 1.60. The zero-order valence-electron chi connectivity index (χ0n) is 6.97. The Bertz CT molecular complexity index is 115. The van der Waals surface area contributed by atoms with Crippen LogP contribution in [0.4, 0.5) is 0 Å². The van der Waals surface area contributed by atoms with Gasteiger partial charge in [0.15, 0.2) is 0 Å². The van der Waals surface area contributed by atoms with E-state index in [-0.39, 0.29) is 7.43 Å². The standard InChI is InChI=1S/C10H18.CH4/c1-8-6-7-9-4-2-3-5-10(8)9;/h8-10H,2-7H2,1H3;1H4/t8-,9?,10?;/m1./s1. The second-order valence-corrected chi connectivity index (χ2v) is 4.26. The second kappa shape index (κ2) is 3.60. The van der Waals surface area contributed by atoms with Crippen molar-refractivity contribution in [3.8, 4) is 0 Å². The summed E-state index contributed by atoms with van der Waals surface area (Å²) in [4.78, 5) is 0. The number of hydrogen-bond donors (Lipinski definition) is 0. The molecule has 0 heterocycles. The molecule has 0 saturated heterocycles. The molecule has 11 heavy (non-hydrogen) atoms. The summed E-state index contributed by atoms with van der Waals surface area (Å²) in [6.07, 6.45) is 9.21. The first-order valence-corrected chi connectivity index (χ1v) is 4.88. The van der Waals surface area contributed by atoms with E-state index in [1.807, 2.05) is 0 Å². The van der Waals surface area contributed by atoms with Crippen molar-refractivity contribution >= 4 is 0 Å². The average Bonchev–Trinajstić information content (AvgIpc) is 2.34. The van der Waals surface area contributed by atoms with Crippen LogP contribution in [0.3, 0.4) is 0 Å². The Morgan fingerprint density at radius 3 is 2.36 bits per heavy atom. The van der Waals surface area contributed by atoms with Gasteiger partial charge < -0.3 is 0 Å². The Morgan fingerprint density at radius 2 is 1.64 bits per heavy atom. The maximum Gasteiger partial charge on any atom is -0.0360 e. The van der Waals surface area contributed by atoms with Crippen LogP contribution in [0.1, 0.15) is 52.9 Å². The van der Waals surface area contributed by atoms with Gasteiger partial charge in [0, 0.05) is 0 Å². The largest absolute Gasteiger partial charge is 0.0776 e. The number of hydrogen-bond acceptors (Lipinski definition) is 0. The van der Waals surface area contributed by atoms with Crippen molar-refractivity contribution in [3.63, 3.8) is 0 Å². The van der Waals surface area contributed by atoms with Crippen LogP contribution < -0.4 is 0 Å². The van der Waals surface area contributed by atoms with E-state index in [9.17, 15) is 0 Å². The van der Waals surface area contributed by atoms with Crippen LogP contribution >= 0.6 is 0 Å². The van der Waals surface area contributed by atoms with Crippen molar-refractivity contribution < 1.29 is 0 Å². The molecule has 2 rings (SSSR count). The predicted molar refractivity (Wildman–Crippen MR) is 50.6 cm³/mol. The van der Waals surface area contributed by atoms with Crippen molar-refractivity contribution in [1.82, 2.24) is 0 Å². The molecule has 3 atom stereocenters. The number of fused-ring (bicyclic) bond motifs is 1. The molecular formula is C11H22. The molecule has 0 aromatic heterocycles. The SMILES string of the molecule is C.C[C@@H]1CCC2CCCCC21. The van der Waals surface area contributed by atoms with E-state index in [0.29, 0.717) is 0 Å². The van der Waals surface area contributed by atoms with Gasteiger partial charge in [0.2, 0.25) is 0 Å². The van der Waals surface area contributed by atoms with Gasteiger partial charge in [-0.15, -0.1) is 0 Å². The highest BCUT2D eigenvalue weighted by molar-refractivity contribution is 4.85. The monoisotopic (exact) mass is 154 g/mol. The quantitative estimate of drug-likeness (QED) is 0.497. The Labute approximate surface area is 71.4 Å². The summed E-state index contributed by atoms with van der Waals surface area (Å²) in [5.74, 6) is 3.34. The lowest BCUT2D eigenvalue weighted by Gasteiger charge is -2.27. The first-order valence-electron chi connectivity index (χ1n) is 4.88. The molecule has 2 aliphatic rings. The Hall–Kier alpha value is 0. The Morgan fingerprint density at radius 1 is 0.909 bits per heavy atom. The van der Waals surface area contributed by atoms with Gasteiger partial charge in [0.05, 0.1) is 0 Å². The summed E-state index contributed by atoms with van der Waals surface area (Å²) in [5.41, 5.74) is 0. The lowest BCUT2D eigenvalue weighted by atomic mass is 9.79. The molecule has 0 amide bonds. The average molecular weight is 154 g/mol. The van der Waals surface area contributed by atoms with Gasteiger partial charge in [-0.2, -0.15) is 0 Å². The van der Waals surface area contributed by atoms with Crippen LogP contribution in [0.15, 0.2) is 0 Å². The summed E-state index contributed by atoms with van der Waals surface area (Å²) in [5, 5.41) is 0. The zero-order chi connectivity index (χ0) is 6.97. The Kier molecular flexibility index (Phi) is 2.98. The number of rotatable bonds is 0. The van der Waals surface area contributed by atoms with Crippen molar-refractivity contribution in [2.45, 2.75) is 52.9 Å². The molecule has 0 aliphatic heterocycles. The van der Waals surface area contributed by atoms with Gasteiger partial charge in [-0.1, -0.05) is 40.0 Å². The summed E-state index contributed by atoms with van der Waals surface area (Å²) in [7, 11) is 0. The maximum atomic E-state index is 2.45. The van der Waals surface area contributed by atoms with Crippen LogP contribution in [-0.4, -0.2) is 0 Å². The third-order valence-corrected chi connectivity index (χ3v) is 3.69. The smallest absolute Gasteiger partial charge is 0.0360 e. The van der Waals surface area contributed by atoms with Gasteiger partial charge in [-0.25, -0.2) is 0 Å². The van der Waals surface area contributed by atoms with Gasteiger partial charge in [-0.3, -0.25) is 0 Å². The minimum Gasteiger partial charge on any atom is -0.0776 e. The molecule has 0 radical (unpaired) electrons. The molecule has 2 unspecified atom stereocenters. The van der Waals surface area contributed by atoms with Gasteiger partial charge in [-0.05, 0) is 30.6 Å². The molecule has 2 aliphatic carbocycles. The first kappa shape index (κ1) is 9.09. The van der Waals surface area contributed by atoms with Gasteiger partial charge >= 0.3 is 0 Å². The molecule has 0 N–H and O–H groups in total. The molecule has 2 saturated carbocycles. The molecule has 0 heteroatoms. The molecular weight excluding hydrogens is 132 g/mol. The molecule has 0 spiro atoms. The summed E-state index contributed by atoms with van der Waals surface area (Å²) in [6, 6.07) is 0. The summed E-state index contributed by atoms with van der Waals surface area (Å²) < 4.78 is 0. The van der Waals surface area contributed by atoms with Gasteiger partial charge in [0.1, 0.15) is 0 Å². The minimum absolute atomic E-state index is 0. The van der Waals surface area contributed by atoms with Crippen LogP contribution in [0.2, 0.25) is 0 Å². The molecule has 0 aromatic carbocycles.